The summed E-state index contributed by atoms with van der Waals surface area (Å²) >= 11 is 0. The van der Waals surface area contributed by atoms with Crippen LogP contribution in [-0.2, 0) is 0 Å². The van der Waals surface area contributed by atoms with Crippen molar-refractivity contribution in [2.45, 2.75) is 31.8 Å². The maximum atomic E-state index is 5.77. The van der Waals surface area contributed by atoms with Gasteiger partial charge in [0, 0.05) is 24.5 Å². The highest BCUT2D eigenvalue weighted by Crippen LogP contribution is 2.34. The van der Waals surface area contributed by atoms with Crippen LogP contribution in [0, 0.1) is 5.92 Å². The molecule has 2 aliphatic rings. The quantitative estimate of drug-likeness (QED) is 0.541. The third kappa shape index (κ3) is 1.47. The highest BCUT2D eigenvalue weighted by molar-refractivity contribution is 5.29. The van der Waals surface area contributed by atoms with E-state index in [0.717, 1.165) is 12.5 Å². The van der Waals surface area contributed by atoms with E-state index in [1.54, 1.807) is 5.57 Å². The Balaban J connectivity index is 1.80. The zero-order valence-corrected chi connectivity index (χ0v) is 7.01. The molecule has 3 atom stereocenters. The van der Waals surface area contributed by atoms with Crippen molar-refractivity contribution in [3.63, 3.8) is 0 Å². The number of piperidine rings is 1. The fraction of sp³-hybridized carbons (Fsp3) is 0.778. The largest absolute Gasteiger partial charge is 0.327 e. The van der Waals surface area contributed by atoms with Crippen molar-refractivity contribution >= 4 is 0 Å². The highest BCUT2D eigenvalue weighted by atomic mass is 15.0. The SMILES string of the molecule is CC1=C[C@@H]1C1CC[C@@H](N)CN1. The number of rotatable bonds is 1. The molecule has 1 heterocycles. The average molecular weight is 152 g/mol. The van der Waals surface area contributed by atoms with Gasteiger partial charge in [-0.05, 0) is 19.8 Å². The minimum atomic E-state index is 0.394. The lowest BCUT2D eigenvalue weighted by molar-refractivity contribution is 0.346. The number of hydrogen-bond acceptors (Lipinski definition) is 2. The Morgan fingerprint density at radius 2 is 2.27 bits per heavy atom. The van der Waals surface area contributed by atoms with Crippen LogP contribution >= 0.6 is 0 Å². The predicted molar refractivity (Wildman–Crippen MR) is 46.2 cm³/mol. The molecule has 62 valence electrons. The van der Waals surface area contributed by atoms with Crippen molar-refractivity contribution < 1.29 is 0 Å². The second kappa shape index (κ2) is 2.61. The van der Waals surface area contributed by atoms with Gasteiger partial charge in [0.05, 0.1) is 0 Å². The molecule has 0 radical (unpaired) electrons. The summed E-state index contributed by atoms with van der Waals surface area (Å²) in [5.74, 6) is 0.766. The first kappa shape index (κ1) is 7.32. The van der Waals surface area contributed by atoms with Crippen molar-refractivity contribution in [2.75, 3.05) is 6.54 Å². The Bertz CT molecular complexity index is 178. The van der Waals surface area contributed by atoms with E-state index in [-0.39, 0.29) is 0 Å². The Morgan fingerprint density at radius 3 is 2.73 bits per heavy atom. The normalized spacial score (nSPS) is 43.5. The summed E-state index contributed by atoms with van der Waals surface area (Å²) < 4.78 is 0. The molecular weight excluding hydrogens is 136 g/mol. The van der Waals surface area contributed by atoms with Crippen molar-refractivity contribution in [3.05, 3.63) is 11.6 Å². The molecule has 2 nitrogen and oxygen atoms in total. The van der Waals surface area contributed by atoms with Crippen LogP contribution in [0.25, 0.3) is 0 Å². The molecule has 11 heavy (non-hydrogen) atoms. The first-order chi connectivity index (χ1) is 5.27. The first-order valence-corrected chi connectivity index (χ1v) is 4.44. The molecule has 1 fully saturated rings. The molecule has 0 aromatic heterocycles. The first-order valence-electron chi connectivity index (χ1n) is 4.44. The van der Waals surface area contributed by atoms with Gasteiger partial charge < -0.3 is 11.1 Å². The van der Waals surface area contributed by atoms with Gasteiger partial charge in [-0.3, -0.25) is 0 Å². The zero-order valence-electron chi connectivity index (χ0n) is 7.01. The van der Waals surface area contributed by atoms with E-state index >= 15 is 0 Å². The van der Waals surface area contributed by atoms with Crippen LogP contribution in [0.3, 0.4) is 0 Å². The molecule has 0 amide bonds. The fourth-order valence-electron chi connectivity index (χ4n) is 1.88. The summed E-state index contributed by atoms with van der Waals surface area (Å²) in [5, 5.41) is 3.48. The van der Waals surface area contributed by atoms with Crippen molar-refractivity contribution in [1.82, 2.24) is 5.32 Å². The van der Waals surface area contributed by atoms with Crippen molar-refractivity contribution in [3.8, 4) is 0 Å². The highest BCUT2D eigenvalue weighted by Gasteiger charge is 2.31. The van der Waals surface area contributed by atoms with E-state index in [1.165, 1.54) is 12.8 Å². The molecule has 3 N–H and O–H groups in total. The van der Waals surface area contributed by atoms with Crippen LogP contribution in [0.4, 0.5) is 0 Å². The lowest BCUT2D eigenvalue weighted by Crippen LogP contribution is -2.46. The monoisotopic (exact) mass is 152 g/mol. The summed E-state index contributed by atoms with van der Waals surface area (Å²) in [6.07, 6.45) is 4.78. The van der Waals surface area contributed by atoms with Gasteiger partial charge in [0.25, 0.3) is 0 Å². The van der Waals surface area contributed by atoms with E-state index in [1.807, 2.05) is 0 Å². The van der Waals surface area contributed by atoms with Gasteiger partial charge in [0.2, 0.25) is 0 Å². The Morgan fingerprint density at radius 1 is 1.55 bits per heavy atom. The van der Waals surface area contributed by atoms with Gasteiger partial charge >= 0.3 is 0 Å². The minimum absolute atomic E-state index is 0.394. The molecule has 0 aromatic carbocycles. The lowest BCUT2D eigenvalue weighted by atomic mass is 9.96. The van der Waals surface area contributed by atoms with Gasteiger partial charge in [0.1, 0.15) is 0 Å². The molecule has 2 rings (SSSR count). The van der Waals surface area contributed by atoms with Gasteiger partial charge in [-0.2, -0.15) is 0 Å². The number of hydrogen-bond donors (Lipinski definition) is 2. The second-order valence-corrected chi connectivity index (χ2v) is 3.79. The van der Waals surface area contributed by atoms with Crippen molar-refractivity contribution in [2.24, 2.45) is 11.7 Å². The second-order valence-electron chi connectivity index (χ2n) is 3.79. The molecule has 2 heteroatoms. The van der Waals surface area contributed by atoms with Gasteiger partial charge in [-0.25, -0.2) is 0 Å². The Labute approximate surface area is 67.8 Å². The smallest absolute Gasteiger partial charge is 0.0168 e. The van der Waals surface area contributed by atoms with Gasteiger partial charge in [-0.15, -0.1) is 0 Å². The average Bonchev–Trinajstić information content (AvgIpc) is 2.69. The molecule has 1 aliphatic carbocycles. The predicted octanol–water partition coefficient (Wildman–Crippen LogP) is 0.642. The maximum Gasteiger partial charge on any atom is 0.0168 e. The summed E-state index contributed by atoms with van der Waals surface area (Å²) in [5.41, 5.74) is 7.33. The molecule has 0 spiro atoms. The summed E-state index contributed by atoms with van der Waals surface area (Å²) in [4.78, 5) is 0. The molecular formula is C9H16N2. The molecule has 1 aliphatic heterocycles. The third-order valence-corrected chi connectivity index (χ3v) is 2.78. The van der Waals surface area contributed by atoms with Crippen LogP contribution < -0.4 is 11.1 Å². The van der Waals surface area contributed by atoms with Crippen molar-refractivity contribution in [1.29, 1.82) is 0 Å². The van der Waals surface area contributed by atoms with Gasteiger partial charge in [-0.1, -0.05) is 11.6 Å². The van der Waals surface area contributed by atoms with Crippen LogP contribution in [0.2, 0.25) is 0 Å². The summed E-state index contributed by atoms with van der Waals surface area (Å²) in [7, 11) is 0. The Hall–Kier alpha value is -0.340. The molecule has 0 saturated carbocycles. The molecule has 0 aromatic rings. The van der Waals surface area contributed by atoms with E-state index in [9.17, 15) is 0 Å². The molecule has 1 saturated heterocycles. The van der Waals surface area contributed by atoms with Crippen LogP contribution in [0.15, 0.2) is 11.6 Å². The zero-order chi connectivity index (χ0) is 7.84. The summed E-state index contributed by atoms with van der Waals surface area (Å²) in [6, 6.07) is 1.10. The van der Waals surface area contributed by atoms with Crippen LogP contribution in [-0.4, -0.2) is 18.6 Å². The summed E-state index contributed by atoms with van der Waals surface area (Å²) in [6.45, 7) is 3.21. The number of nitrogens with two attached hydrogens (primary N) is 1. The van der Waals surface area contributed by atoms with E-state index in [2.05, 4.69) is 18.3 Å². The van der Waals surface area contributed by atoms with E-state index < -0.39 is 0 Å². The van der Waals surface area contributed by atoms with E-state index in [4.69, 9.17) is 5.73 Å². The topological polar surface area (TPSA) is 38.0 Å². The van der Waals surface area contributed by atoms with Gasteiger partial charge in [0.15, 0.2) is 0 Å². The van der Waals surface area contributed by atoms with E-state index in [0.29, 0.717) is 12.1 Å². The maximum absolute atomic E-state index is 5.77. The third-order valence-electron chi connectivity index (χ3n) is 2.78. The van der Waals surface area contributed by atoms with Crippen LogP contribution in [0.5, 0.6) is 0 Å². The lowest BCUT2D eigenvalue weighted by Gasteiger charge is -2.28. The molecule has 1 unspecified atom stereocenters. The minimum Gasteiger partial charge on any atom is -0.327 e. The molecule has 0 bridgehead atoms. The standard InChI is InChI=1S/C9H16N2/c1-6-4-8(6)9-3-2-7(10)5-11-9/h4,7-9,11H,2-3,5,10H2,1H3/t7-,8+,9?/m1/s1. The van der Waals surface area contributed by atoms with Crippen LogP contribution in [0.1, 0.15) is 19.8 Å². The number of nitrogens with one attached hydrogen (secondary N) is 1. The fourth-order valence-corrected chi connectivity index (χ4v) is 1.88. The Kier molecular flexibility index (Phi) is 1.74.